The van der Waals surface area contributed by atoms with Crippen LogP contribution in [-0.2, 0) is 4.79 Å². The van der Waals surface area contributed by atoms with Gasteiger partial charge in [0.05, 0.1) is 10.0 Å². The number of carbonyl (C=O) groups excluding carboxylic acids is 1. The number of rotatable bonds is 4. The number of anilines is 2. The van der Waals surface area contributed by atoms with Crippen molar-refractivity contribution in [2.45, 2.75) is 6.92 Å². The number of hydrogen-bond donors (Lipinski definition) is 2. The van der Waals surface area contributed by atoms with Gasteiger partial charge in [0.2, 0.25) is 0 Å². The fraction of sp³-hybridized carbons (Fsp3) is 0.0588. The molecule has 1 amide bonds. The third-order valence-corrected chi connectivity index (χ3v) is 3.80. The van der Waals surface area contributed by atoms with Crippen molar-refractivity contribution in [2.75, 3.05) is 10.6 Å². The lowest BCUT2D eigenvalue weighted by Gasteiger charge is -2.07. The summed E-state index contributed by atoms with van der Waals surface area (Å²) in [6.07, 6.45) is 1.37. The SMILES string of the molecule is Cc1ccccc1N/C=C(/C#N)C(=O)Nc1ccc(Cl)c(Cl)c1. The van der Waals surface area contributed by atoms with Crippen molar-refractivity contribution < 1.29 is 4.79 Å². The average Bonchev–Trinajstić information content (AvgIpc) is 2.53. The molecule has 0 heterocycles. The molecule has 2 N–H and O–H groups in total. The van der Waals surface area contributed by atoms with E-state index in [0.29, 0.717) is 15.7 Å². The number of nitrogens with one attached hydrogen (secondary N) is 2. The molecule has 0 aliphatic rings. The van der Waals surface area contributed by atoms with Crippen molar-refractivity contribution >= 4 is 40.5 Å². The predicted molar refractivity (Wildman–Crippen MR) is 93.6 cm³/mol. The number of hydrogen-bond acceptors (Lipinski definition) is 3. The Hall–Kier alpha value is -2.48. The zero-order valence-corrected chi connectivity index (χ0v) is 13.7. The number of para-hydroxylation sites is 1. The van der Waals surface area contributed by atoms with Crippen LogP contribution < -0.4 is 10.6 Å². The Morgan fingerprint density at radius 1 is 1.17 bits per heavy atom. The van der Waals surface area contributed by atoms with Crippen LogP contribution in [-0.4, -0.2) is 5.91 Å². The smallest absolute Gasteiger partial charge is 0.267 e. The third-order valence-electron chi connectivity index (χ3n) is 3.06. The normalized spacial score (nSPS) is 10.8. The van der Waals surface area contributed by atoms with Gasteiger partial charge in [0.25, 0.3) is 5.91 Å². The number of nitrogens with zero attached hydrogens (tertiary/aromatic N) is 1. The van der Waals surface area contributed by atoms with Gasteiger partial charge in [-0.3, -0.25) is 4.79 Å². The number of carbonyl (C=O) groups is 1. The summed E-state index contributed by atoms with van der Waals surface area (Å²) in [5, 5.41) is 15.4. The molecule has 0 spiro atoms. The van der Waals surface area contributed by atoms with E-state index in [1.165, 1.54) is 12.3 Å². The predicted octanol–water partition coefficient (Wildman–Crippen LogP) is 4.76. The molecule has 0 aliphatic carbocycles. The molecule has 6 heteroatoms. The van der Waals surface area contributed by atoms with Gasteiger partial charge < -0.3 is 10.6 Å². The van der Waals surface area contributed by atoms with Gasteiger partial charge in [0.1, 0.15) is 11.6 Å². The minimum Gasteiger partial charge on any atom is -0.360 e. The number of halogens is 2. The number of benzene rings is 2. The lowest BCUT2D eigenvalue weighted by atomic mass is 10.2. The molecule has 0 unspecified atom stereocenters. The number of amides is 1. The van der Waals surface area contributed by atoms with E-state index in [4.69, 9.17) is 28.5 Å². The topological polar surface area (TPSA) is 64.9 Å². The second-order valence-corrected chi connectivity index (χ2v) is 5.53. The van der Waals surface area contributed by atoms with Crippen LogP contribution in [0.4, 0.5) is 11.4 Å². The zero-order chi connectivity index (χ0) is 16.8. The molecule has 0 bridgehead atoms. The largest absolute Gasteiger partial charge is 0.360 e. The molecular formula is C17H13Cl2N3O. The van der Waals surface area contributed by atoms with Crippen LogP contribution in [0.5, 0.6) is 0 Å². The van der Waals surface area contributed by atoms with Gasteiger partial charge in [-0.05, 0) is 36.8 Å². The summed E-state index contributed by atoms with van der Waals surface area (Å²) < 4.78 is 0. The van der Waals surface area contributed by atoms with Gasteiger partial charge >= 0.3 is 0 Å². The van der Waals surface area contributed by atoms with Crippen LogP contribution in [0.2, 0.25) is 10.0 Å². The highest BCUT2D eigenvalue weighted by Gasteiger charge is 2.10. The molecule has 0 aliphatic heterocycles. The van der Waals surface area contributed by atoms with Crippen LogP contribution in [0.1, 0.15) is 5.56 Å². The molecule has 0 fully saturated rings. The van der Waals surface area contributed by atoms with Gasteiger partial charge in [0.15, 0.2) is 0 Å². The molecule has 4 nitrogen and oxygen atoms in total. The standard InChI is InChI=1S/C17H13Cl2N3O/c1-11-4-2-3-5-16(11)21-10-12(9-20)17(23)22-13-6-7-14(18)15(19)8-13/h2-8,10,21H,1H3,(H,22,23)/b12-10-. The van der Waals surface area contributed by atoms with Gasteiger partial charge in [-0.1, -0.05) is 41.4 Å². The van der Waals surface area contributed by atoms with Gasteiger partial charge in [0, 0.05) is 17.6 Å². The Labute approximate surface area is 144 Å². The first-order chi connectivity index (χ1) is 11.0. The lowest BCUT2D eigenvalue weighted by Crippen LogP contribution is -2.14. The van der Waals surface area contributed by atoms with E-state index in [9.17, 15) is 4.79 Å². The lowest BCUT2D eigenvalue weighted by molar-refractivity contribution is -0.112. The molecule has 23 heavy (non-hydrogen) atoms. The maximum atomic E-state index is 12.1. The molecule has 2 aromatic carbocycles. The first kappa shape index (κ1) is 16.9. The van der Waals surface area contributed by atoms with Crippen LogP contribution >= 0.6 is 23.2 Å². The zero-order valence-electron chi connectivity index (χ0n) is 12.2. The van der Waals surface area contributed by atoms with E-state index >= 15 is 0 Å². The molecule has 0 aromatic heterocycles. The van der Waals surface area contributed by atoms with Crippen molar-refractivity contribution in [1.82, 2.24) is 0 Å². The Bertz CT molecular complexity index is 810. The Kier molecular flexibility index (Phi) is 5.64. The van der Waals surface area contributed by atoms with Crippen LogP contribution in [0.15, 0.2) is 54.2 Å². The molecule has 116 valence electrons. The quantitative estimate of drug-likeness (QED) is 0.620. The van der Waals surface area contributed by atoms with Crippen molar-refractivity contribution in [2.24, 2.45) is 0 Å². The van der Waals surface area contributed by atoms with Crippen molar-refractivity contribution in [3.05, 3.63) is 69.8 Å². The first-order valence-electron chi connectivity index (χ1n) is 6.70. The average molecular weight is 346 g/mol. The van der Waals surface area contributed by atoms with E-state index in [2.05, 4.69) is 10.6 Å². The second-order valence-electron chi connectivity index (χ2n) is 4.71. The van der Waals surface area contributed by atoms with E-state index in [1.807, 2.05) is 37.3 Å². The van der Waals surface area contributed by atoms with E-state index < -0.39 is 5.91 Å². The van der Waals surface area contributed by atoms with Gasteiger partial charge in [-0.2, -0.15) is 5.26 Å². The highest BCUT2D eigenvalue weighted by molar-refractivity contribution is 6.42. The maximum absolute atomic E-state index is 12.1. The molecule has 2 aromatic rings. The molecular weight excluding hydrogens is 333 g/mol. The van der Waals surface area contributed by atoms with Crippen molar-refractivity contribution in [3.63, 3.8) is 0 Å². The molecule has 0 radical (unpaired) electrons. The molecule has 2 rings (SSSR count). The fourth-order valence-electron chi connectivity index (χ4n) is 1.81. The summed E-state index contributed by atoms with van der Waals surface area (Å²) in [4.78, 5) is 12.1. The summed E-state index contributed by atoms with van der Waals surface area (Å²) in [5.41, 5.74) is 2.23. The summed E-state index contributed by atoms with van der Waals surface area (Å²) in [6.45, 7) is 1.93. The van der Waals surface area contributed by atoms with Crippen LogP contribution in [0.25, 0.3) is 0 Å². The Morgan fingerprint density at radius 3 is 2.57 bits per heavy atom. The van der Waals surface area contributed by atoms with E-state index in [0.717, 1.165) is 11.3 Å². The number of nitriles is 1. The minimum atomic E-state index is -0.535. The van der Waals surface area contributed by atoms with Crippen molar-refractivity contribution in [3.8, 4) is 6.07 Å². The minimum absolute atomic E-state index is 0.0562. The van der Waals surface area contributed by atoms with E-state index in [-0.39, 0.29) is 5.57 Å². The summed E-state index contributed by atoms with van der Waals surface area (Å²) >= 11 is 11.7. The summed E-state index contributed by atoms with van der Waals surface area (Å²) in [6, 6.07) is 14.1. The van der Waals surface area contributed by atoms with Crippen LogP contribution in [0, 0.1) is 18.3 Å². The van der Waals surface area contributed by atoms with Gasteiger partial charge in [-0.15, -0.1) is 0 Å². The molecule has 0 atom stereocenters. The molecule has 0 saturated heterocycles. The summed E-state index contributed by atoms with van der Waals surface area (Å²) in [5.74, 6) is -0.535. The van der Waals surface area contributed by atoms with Gasteiger partial charge in [-0.25, -0.2) is 0 Å². The third kappa shape index (κ3) is 4.49. The molecule has 0 saturated carbocycles. The Balaban J connectivity index is 2.12. The highest BCUT2D eigenvalue weighted by Crippen LogP contribution is 2.25. The Morgan fingerprint density at radius 2 is 1.91 bits per heavy atom. The van der Waals surface area contributed by atoms with Crippen LogP contribution in [0.3, 0.4) is 0 Å². The summed E-state index contributed by atoms with van der Waals surface area (Å²) in [7, 11) is 0. The highest BCUT2D eigenvalue weighted by atomic mass is 35.5. The number of aryl methyl sites for hydroxylation is 1. The van der Waals surface area contributed by atoms with E-state index in [1.54, 1.807) is 12.1 Å². The second kappa shape index (κ2) is 7.68. The fourth-order valence-corrected chi connectivity index (χ4v) is 2.10. The monoisotopic (exact) mass is 345 g/mol. The van der Waals surface area contributed by atoms with Crippen molar-refractivity contribution in [1.29, 1.82) is 5.26 Å². The maximum Gasteiger partial charge on any atom is 0.267 e. The first-order valence-corrected chi connectivity index (χ1v) is 7.45.